The molecule has 1 unspecified atom stereocenters. The minimum absolute atomic E-state index is 0.0570. The molecule has 0 fully saturated rings. The topological polar surface area (TPSA) is 96.0 Å². The van der Waals surface area contributed by atoms with Crippen LogP contribution in [-0.2, 0) is 26.2 Å². The van der Waals surface area contributed by atoms with E-state index < -0.39 is 28.5 Å². The summed E-state index contributed by atoms with van der Waals surface area (Å²) < 4.78 is 33.6. The SMILES string of the molecule is CCC(C(=O)NC)N(Cc1ccccc1)C(=O)CN(c1ccc(OC)cc1)S(=O)(=O)c1ccccc1. The molecule has 1 N–H and O–H groups in total. The zero-order valence-corrected chi connectivity index (χ0v) is 21.4. The molecule has 1 atom stereocenters. The number of nitrogens with zero attached hydrogens (tertiary/aromatic N) is 2. The largest absolute Gasteiger partial charge is 0.497 e. The van der Waals surface area contributed by atoms with Crippen LogP contribution < -0.4 is 14.4 Å². The molecule has 0 aromatic heterocycles. The van der Waals surface area contributed by atoms with Gasteiger partial charge in [-0.2, -0.15) is 0 Å². The highest BCUT2D eigenvalue weighted by Crippen LogP contribution is 2.26. The maximum atomic E-state index is 13.8. The van der Waals surface area contributed by atoms with Crippen LogP contribution in [-0.4, -0.2) is 51.9 Å². The molecule has 0 radical (unpaired) electrons. The van der Waals surface area contributed by atoms with Gasteiger partial charge in [-0.25, -0.2) is 8.42 Å². The van der Waals surface area contributed by atoms with E-state index in [1.54, 1.807) is 42.5 Å². The van der Waals surface area contributed by atoms with Crippen LogP contribution in [0.5, 0.6) is 5.75 Å². The number of carbonyl (C=O) groups excluding carboxylic acids is 2. The van der Waals surface area contributed by atoms with Crippen molar-refractivity contribution in [2.24, 2.45) is 0 Å². The minimum Gasteiger partial charge on any atom is -0.497 e. The van der Waals surface area contributed by atoms with Gasteiger partial charge in [-0.1, -0.05) is 55.5 Å². The summed E-state index contributed by atoms with van der Waals surface area (Å²) in [4.78, 5) is 27.9. The number of sulfonamides is 1. The molecule has 0 spiro atoms. The van der Waals surface area contributed by atoms with E-state index in [9.17, 15) is 18.0 Å². The molecular formula is C27H31N3O5S. The molecule has 3 aromatic rings. The Hall–Kier alpha value is -3.85. The zero-order chi connectivity index (χ0) is 26.1. The van der Waals surface area contributed by atoms with E-state index in [1.807, 2.05) is 37.3 Å². The van der Waals surface area contributed by atoms with Crippen molar-refractivity contribution in [3.63, 3.8) is 0 Å². The molecule has 0 aliphatic rings. The summed E-state index contributed by atoms with van der Waals surface area (Å²) in [5.74, 6) is -0.258. The number of hydrogen-bond donors (Lipinski definition) is 1. The second-order valence-corrected chi connectivity index (χ2v) is 9.93. The van der Waals surface area contributed by atoms with Crippen molar-refractivity contribution in [3.05, 3.63) is 90.5 Å². The number of likely N-dealkylation sites (N-methyl/N-ethyl adjacent to an activating group) is 1. The number of hydrogen-bond acceptors (Lipinski definition) is 5. The molecular weight excluding hydrogens is 478 g/mol. The molecule has 9 heteroatoms. The molecule has 8 nitrogen and oxygen atoms in total. The molecule has 2 amide bonds. The standard InChI is InChI=1S/C27H31N3O5S/c1-4-25(27(32)28-2)29(19-21-11-7-5-8-12-21)26(31)20-30(22-15-17-23(35-3)18-16-22)36(33,34)24-13-9-6-10-14-24/h5-18,25H,4,19-20H2,1-3H3,(H,28,32). The first-order valence-electron chi connectivity index (χ1n) is 11.6. The number of ether oxygens (including phenoxy) is 1. The number of rotatable bonds is 11. The summed E-state index contributed by atoms with van der Waals surface area (Å²) >= 11 is 0. The van der Waals surface area contributed by atoms with Crippen molar-refractivity contribution in [2.45, 2.75) is 30.8 Å². The average Bonchev–Trinajstić information content (AvgIpc) is 2.92. The highest BCUT2D eigenvalue weighted by atomic mass is 32.2. The summed E-state index contributed by atoms with van der Waals surface area (Å²) in [6.07, 6.45) is 0.367. The second kappa shape index (κ2) is 12.2. The molecule has 0 bridgehead atoms. The first kappa shape index (κ1) is 26.7. The Morgan fingerprint density at radius 3 is 2.03 bits per heavy atom. The van der Waals surface area contributed by atoms with Crippen LogP contribution in [0.3, 0.4) is 0 Å². The lowest BCUT2D eigenvalue weighted by Gasteiger charge is -2.33. The lowest BCUT2D eigenvalue weighted by Crippen LogP contribution is -2.51. The fourth-order valence-corrected chi connectivity index (χ4v) is 5.30. The third kappa shape index (κ3) is 6.23. The van der Waals surface area contributed by atoms with Gasteiger partial charge in [-0.15, -0.1) is 0 Å². The van der Waals surface area contributed by atoms with Crippen molar-refractivity contribution in [2.75, 3.05) is 25.0 Å². The summed E-state index contributed by atoms with van der Waals surface area (Å²) in [5.41, 5.74) is 1.13. The maximum absolute atomic E-state index is 13.8. The van der Waals surface area contributed by atoms with Gasteiger partial charge in [0.2, 0.25) is 11.8 Å². The smallest absolute Gasteiger partial charge is 0.264 e. The van der Waals surface area contributed by atoms with Crippen molar-refractivity contribution in [3.8, 4) is 5.75 Å². The van der Waals surface area contributed by atoms with Gasteiger partial charge < -0.3 is 15.0 Å². The van der Waals surface area contributed by atoms with Gasteiger partial charge in [-0.3, -0.25) is 13.9 Å². The lowest BCUT2D eigenvalue weighted by molar-refractivity contribution is -0.140. The third-order valence-corrected chi connectivity index (χ3v) is 7.59. The maximum Gasteiger partial charge on any atom is 0.264 e. The van der Waals surface area contributed by atoms with E-state index in [2.05, 4.69) is 5.32 Å². The molecule has 36 heavy (non-hydrogen) atoms. The summed E-state index contributed by atoms with van der Waals surface area (Å²) in [6, 6.07) is 22.9. The van der Waals surface area contributed by atoms with Gasteiger partial charge in [-0.05, 0) is 48.4 Å². The van der Waals surface area contributed by atoms with Gasteiger partial charge in [0, 0.05) is 13.6 Å². The Balaban J connectivity index is 2.04. The Kier molecular flexibility index (Phi) is 9.08. The van der Waals surface area contributed by atoms with Crippen LogP contribution in [0.4, 0.5) is 5.69 Å². The molecule has 0 heterocycles. The number of methoxy groups -OCH3 is 1. The number of carbonyl (C=O) groups is 2. The molecule has 0 aliphatic heterocycles. The highest BCUT2D eigenvalue weighted by molar-refractivity contribution is 7.92. The van der Waals surface area contributed by atoms with E-state index in [-0.39, 0.29) is 17.3 Å². The van der Waals surface area contributed by atoms with Crippen LogP contribution in [0.2, 0.25) is 0 Å². The molecule has 3 rings (SSSR count). The summed E-state index contributed by atoms with van der Waals surface area (Å²) in [5, 5.41) is 2.61. The van der Waals surface area contributed by atoms with E-state index in [4.69, 9.17) is 4.74 Å². The van der Waals surface area contributed by atoms with E-state index in [0.717, 1.165) is 9.87 Å². The number of nitrogens with one attached hydrogen (secondary N) is 1. The summed E-state index contributed by atoms with van der Waals surface area (Å²) in [7, 11) is -1.06. The Labute approximate surface area is 212 Å². The minimum atomic E-state index is -4.09. The van der Waals surface area contributed by atoms with E-state index >= 15 is 0 Å². The summed E-state index contributed by atoms with van der Waals surface area (Å²) in [6.45, 7) is 1.49. The predicted molar refractivity (Wildman–Crippen MR) is 139 cm³/mol. The molecule has 0 saturated carbocycles. The van der Waals surface area contributed by atoms with E-state index in [0.29, 0.717) is 17.9 Å². The fraction of sp³-hybridized carbons (Fsp3) is 0.259. The Morgan fingerprint density at radius 2 is 1.50 bits per heavy atom. The van der Waals surface area contributed by atoms with Gasteiger partial charge in [0.05, 0.1) is 17.7 Å². The van der Waals surface area contributed by atoms with Gasteiger partial charge in [0.25, 0.3) is 10.0 Å². The van der Waals surface area contributed by atoms with Crippen LogP contribution in [0.15, 0.2) is 89.8 Å². The van der Waals surface area contributed by atoms with Crippen molar-refractivity contribution >= 4 is 27.5 Å². The first-order valence-corrected chi connectivity index (χ1v) is 13.0. The zero-order valence-electron chi connectivity index (χ0n) is 20.6. The van der Waals surface area contributed by atoms with Gasteiger partial charge in [0.15, 0.2) is 0 Å². The van der Waals surface area contributed by atoms with Crippen LogP contribution in [0.25, 0.3) is 0 Å². The van der Waals surface area contributed by atoms with Crippen molar-refractivity contribution < 1.29 is 22.7 Å². The van der Waals surface area contributed by atoms with Crippen LogP contribution in [0, 0.1) is 0 Å². The quantitative estimate of drug-likeness (QED) is 0.427. The van der Waals surface area contributed by atoms with Crippen LogP contribution in [0.1, 0.15) is 18.9 Å². The van der Waals surface area contributed by atoms with Crippen molar-refractivity contribution in [1.82, 2.24) is 10.2 Å². The highest BCUT2D eigenvalue weighted by Gasteiger charge is 2.33. The third-order valence-electron chi connectivity index (χ3n) is 5.80. The molecule has 3 aromatic carbocycles. The normalized spacial score (nSPS) is 11.9. The number of amides is 2. The van der Waals surface area contributed by atoms with Gasteiger partial charge in [0.1, 0.15) is 18.3 Å². The van der Waals surface area contributed by atoms with E-state index in [1.165, 1.54) is 31.2 Å². The second-order valence-electron chi connectivity index (χ2n) is 8.07. The predicted octanol–water partition coefficient (Wildman–Crippen LogP) is 3.44. The van der Waals surface area contributed by atoms with Crippen molar-refractivity contribution in [1.29, 1.82) is 0 Å². The molecule has 190 valence electrons. The van der Waals surface area contributed by atoms with Gasteiger partial charge >= 0.3 is 0 Å². The number of anilines is 1. The first-order chi connectivity index (χ1) is 17.3. The molecule has 0 saturated heterocycles. The lowest BCUT2D eigenvalue weighted by atomic mass is 10.1. The Bertz CT molecular complexity index is 1250. The fourth-order valence-electron chi connectivity index (χ4n) is 3.86. The van der Waals surface area contributed by atoms with Crippen LogP contribution >= 0.6 is 0 Å². The average molecular weight is 510 g/mol. The molecule has 0 aliphatic carbocycles. The Morgan fingerprint density at radius 1 is 0.917 bits per heavy atom. The number of benzene rings is 3. The monoisotopic (exact) mass is 509 g/mol.